The summed E-state index contributed by atoms with van der Waals surface area (Å²) >= 11 is 0. The lowest BCUT2D eigenvalue weighted by Gasteiger charge is -2.38. The Labute approximate surface area is 303 Å². The molecule has 0 bridgehead atoms. The molecule has 3 heterocycles. The van der Waals surface area contributed by atoms with Gasteiger partial charge < -0.3 is 4.42 Å². The summed E-state index contributed by atoms with van der Waals surface area (Å²) in [4.78, 5) is 53.9. The van der Waals surface area contributed by atoms with Gasteiger partial charge in [0.2, 0.25) is 17.2 Å². The number of rotatable bonds is 5. The fourth-order valence-corrected chi connectivity index (χ4v) is 7.30. The normalized spacial score (nSPS) is 14.7. The molecule has 0 saturated heterocycles. The summed E-state index contributed by atoms with van der Waals surface area (Å²) in [5, 5.41) is 8.33. The van der Waals surface area contributed by atoms with Crippen LogP contribution in [0.4, 0.5) is 32.0 Å². The average Bonchev–Trinajstić information content (AvgIpc) is 3.74. The van der Waals surface area contributed by atoms with E-state index in [9.17, 15) is 19.2 Å². The minimum Gasteiger partial charge on any atom is -0.416 e. The van der Waals surface area contributed by atoms with Crippen LogP contribution < -0.4 is 4.90 Å². The van der Waals surface area contributed by atoms with Gasteiger partial charge in [-0.2, -0.15) is 26.3 Å². The number of aromatic nitrogens is 2. The second-order valence-electron chi connectivity index (χ2n) is 13.5. The highest BCUT2D eigenvalue weighted by Crippen LogP contribution is 2.57. The van der Waals surface area contributed by atoms with E-state index < -0.39 is 69.2 Å². The Morgan fingerprint density at radius 2 is 0.926 bits per heavy atom. The number of fused-ring (bicyclic) bond motifs is 2. The van der Waals surface area contributed by atoms with Crippen molar-refractivity contribution in [2.45, 2.75) is 52.4 Å². The van der Waals surface area contributed by atoms with Crippen LogP contribution >= 0.6 is 0 Å². The predicted octanol–water partition coefficient (Wildman–Crippen LogP) is 8.38. The van der Waals surface area contributed by atoms with Gasteiger partial charge >= 0.3 is 12.4 Å². The lowest BCUT2D eigenvalue weighted by atomic mass is 9.71. The average molecular weight is 747 g/mol. The summed E-state index contributed by atoms with van der Waals surface area (Å²) in [7, 11) is 1.05. The number of carbonyl (C=O) groups excluding carboxylic acids is 4. The van der Waals surface area contributed by atoms with Gasteiger partial charge in [-0.3, -0.25) is 24.1 Å². The van der Waals surface area contributed by atoms with Crippen LogP contribution in [0.15, 0.2) is 65.1 Å². The fraction of sp³-hybridized carbons (Fsp3) is 0.231. The highest BCUT2D eigenvalue weighted by atomic mass is 19.4. The summed E-state index contributed by atoms with van der Waals surface area (Å²) in [5.41, 5.74) is -4.57. The molecule has 0 N–H and O–H groups in total. The first-order valence-corrected chi connectivity index (χ1v) is 16.4. The number of alkyl halides is 6. The van der Waals surface area contributed by atoms with Crippen molar-refractivity contribution >= 4 is 29.3 Å². The van der Waals surface area contributed by atoms with Crippen LogP contribution in [0.25, 0.3) is 22.9 Å². The van der Waals surface area contributed by atoms with Crippen molar-refractivity contribution in [1.82, 2.24) is 15.1 Å². The van der Waals surface area contributed by atoms with Crippen LogP contribution in [0, 0.1) is 34.6 Å². The van der Waals surface area contributed by atoms with E-state index in [2.05, 4.69) is 10.2 Å². The van der Waals surface area contributed by atoms with Gasteiger partial charge in [0.1, 0.15) is 0 Å². The summed E-state index contributed by atoms with van der Waals surface area (Å²) in [6.07, 6.45) is -12.2. The molecule has 0 unspecified atom stereocenters. The molecular weight excluding hydrogens is 718 g/mol. The zero-order valence-electron chi connectivity index (χ0n) is 29.4. The minimum absolute atomic E-state index is 0.0693. The molecular formula is C39H28F6N4O5. The van der Waals surface area contributed by atoms with Gasteiger partial charge in [-0.1, -0.05) is 12.1 Å². The third-order valence-electron chi connectivity index (χ3n) is 10.3. The molecule has 0 saturated carbocycles. The van der Waals surface area contributed by atoms with E-state index in [1.807, 2.05) is 32.9 Å². The predicted molar refractivity (Wildman–Crippen MR) is 182 cm³/mol. The maximum atomic E-state index is 15.1. The van der Waals surface area contributed by atoms with E-state index in [0.29, 0.717) is 56.3 Å². The van der Waals surface area contributed by atoms with Crippen molar-refractivity contribution < 1.29 is 49.9 Å². The van der Waals surface area contributed by atoms with Crippen molar-refractivity contribution in [3.8, 4) is 22.9 Å². The first-order chi connectivity index (χ1) is 25.2. The monoisotopic (exact) mass is 746 g/mol. The number of anilines is 1. The van der Waals surface area contributed by atoms with Gasteiger partial charge in [-0.15, -0.1) is 10.2 Å². The molecule has 4 amide bonds. The Hall–Kier alpha value is -6.12. The SMILES string of the molecule is Cc1cc(-c2nnc(-c3cc(C)c(N4C(=O)c5ccc(C(c6ccc7c(c6)C(=O)N(C)C7=O)(C(F)(F)F)C(F)(F)F)cc5C4=O)c(C)c3)o2)cc(C)c1C. The quantitative estimate of drug-likeness (QED) is 0.131. The largest absolute Gasteiger partial charge is 0.416 e. The van der Waals surface area contributed by atoms with Crippen LogP contribution in [0.1, 0.15) is 80.4 Å². The molecule has 0 fully saturated rings. The zero-order chi connectivity index (χ0) is 39.4. The van der Waals surface area contributed by atoms with Crippen LogP contribution in [0.3, 0.4) is 0 Å². The standard InChI is InChI=1S/C39H28F6N4O5/c1-17-11-22(12-18(2)21(17)5)31-46-47-32(54-31)23-13-19(3)30(20(4)14-23)49-35(52)27-10-8-25(16-29(27)36(49)53)37(38(40,41)42,39(43,44)45)24-7-9-26-28(15-24)34(51)48(6)33(26)50/h7-16H,1-6H3. The second kappa shape index (κ2) is 11.9. The summed E-state index contributed by atoms with van der Waals surface area (Å²) < 4.78 is 96.5. The summed E-state index contributed by atoms with van der Waals surface area (Å²) in [6, 6.07) is 10.2. The van der Waals surface area contributed by atoms with Crippen molar-refractivity contribution in [2.75, 3.05) is 11.9 Å². The molecule has 9 nitrogen and oxygen atoms in total. The Balaban J connectivity index is 1.29. The molecule has 276 valence electrons. The van der Waals surface area contributed by atoms with Gasteiger partial charge in [-0.25, -0.2) is 4.90 Å². The maximum absolute atomic E-state index is 15.1. The second-order valence-corrected chi connectivity index (χ2v) is 13.5. The number of benzene rings is 4. The number of carbonyl (C=O) groups is 4. The highest BCUT2D eigenvalue weighted by molar-refractivity contribution is 6.35. The molecule has 1 aromatic heterocycles. The summed E-state index contributed by atoms with van der Waals surface area (Å²) in [6.45, 7) is 9.05. The van der Waals surface area contributed by atoms with Gasteiger partial charge in [-0.05, 0) is 122 Å². The van der Waals surface area contributed by atoms with E-state index in [-0.39, 0.29) is 23.0 Å². The topological polar surface area (TPSA) is 114 Å². The number of imide groups is 2. The Morgan fingerprint density at radius 3 is 1.39 bits per heavy atom. The van der Waals surface area contributed by atoms with Crippen molar-refractivity contribution in [3.63, 3.8) is 0 Å². The van der Waals surface area contributed by atoms with E-state index in [0.717, 1.165) is 35.9 Å². The molecule has 0 aliphatic carbocycles. The molecule has 0 radical (unpaired) electrons. The number of halogens is 6. The number of aryl methyl sites for hydroxylation is 4. The molecule has 54 heavy (non-hydrogen) atoms. The zero-order valence-corrected chi connectivity index (χ0v) is 29.4. The Kier molecular flexibility index (Phi) is 8.02. The molecule has 4 aromatic carbocycles. The fourth-order valence-electron chi connectivity index (χ4n) is 7.30. The minimum atomic E-state index is -6.08. The Morgan fingerprint density at radius 1 is 0.537 bits per heavy atom. The van der Waals surface area contributed by atoms with Crippen LogP contribution in [0.5, 0.6) is 0 Å². The van der Waals surface area contributed by atoms with E-state index >= 15 is 26.3 Å². The van der Waals surface area contributed by atoms with Crippen LogP contribution in [0.2, 0.25) is 0 Å². The van der Waals surface area contributed by atoms with E-state index in [1.54, 1.807) is 26.0 Å². The van der Waals surface area contributed by atoms with Gasteiger partial charge in [0.25, 0.3) is 23.6 Å². The van der Waals surface area contributed by atoms with Crippen molar-refractivity contribution in [1.29, 1.82) is 0 Å². The maximum Gasteiger partial charge on any atom is 0.411 e. The Bertz CT molecular complexity index is 2440. The van der Waals surface area contributed by atoms with Gasteiger partial charge in [0, 0.05) is 18.2 Å². The summed E-state index contributed by atoms with van der Waals surface area (Å²) in [5.74, 6) is -3.68. The number of hydrogen-bond donors (Lipinski definition) is 0. The first-order valence-electron chi connectivity index (χ1n) is 16.4. The van der Waals surface area contributed by atoms with Crippen LogP contribution in [-0.2, 0) is 5.41 Å². The number of nitrogens with zero attached hydrogens (tertiary/aromatic N) is 4. The third kappa shape index (κ3) is 5.08. The smallest absolute Gasteiger partial charge is 0.411 e. The molecule has 2 aliphatic rings. The molecule has 5 aromatic rings. The number of hydrogen-bond acceptors (Lipinski definition) is 7. The first kappa shape index (κ1) is 36.2. The van der Waals surface area contributed by atoms with Crippen molar-refractivity contribution in [3.05, 3.63) is 122 Å². The number of amides is 4. The molecule has 0 atom stereocenters. The molecule has 7 rings (SSSR count). The van der Waals surface area contributed by atoms with Gasteiger partial charge in [0.15, 0.2) is 0 Å². The van der Waals surface area contributed by atoms with E-state index in [1.165, 1.54) is 0 Å². The third-order valence-corrected chi connectivity index (χ3v) is 10.3. The lowest BCUT2D eigenvalue weighted by molar-refractivity contribution is -0.288. The molecule has 15 heteroatoms. The molecule has 2 aliphatic heterocycles. The highest BCUT2D eigenvalue weighted by Gasteiger charge is 2.73. The lowest BCUT2D eigenvalue weighted by Crippen LogP contribution is -2.55. The van der Waals surface area contributed by atoms with E-state index in [4.69, 9.17) is 4.42 Å². The van der Waals surface area contributed by atoms with Crippen LogP contribution in [-0.4, -0.2) is 58.1 Å². The van der Waals surface area contributed by atoms with Gasteiger partial charge in [0.05, 0.1) is 27.9 Å². The molecule has 0 spiro atoms. The van der Waals surface area contributed by atoms with Crippen molar-refractivity contribution in [2.24, 2.45) is 0 Å².